The Balaban J connectivity index is 0.904. The Kier molecular flexibility index (Phi) is 8.40. The lowest BCUT2D eigenvalue weighted by Gasteiger charge is -2.26. The third-order valence-corrected chi connectivity index (χ3v) is 14.0. The topological polar surface area (TPSA) is 21.3 Å². The van der Waals surface area contributed by atoms with Crippen molar-refractivity contribution in [1.82, 2.24) is 4.57 Å². The second-order valence-corrected chi connectivity index (χ2v) is 17.5. The summed E-state index contributed by atoms with van der Waals surface area (Å²) in [6, 6.07) is 83.3. The van der Waals surface area contributed by atoms with Crippen LogP contribution in [0, 0.1) is 0 Å². The number of hydrogen-bond acceptors (Lipinski definition) is 3. The van der Waals surface area contributed by atoms with E-state index in [1.54, 1.807) is 0 Å². The van der Waals surface area contributed by atoms with Gasteiger partial charge < -0.3 is 13.9 Å². The average Bonchev–Trinajstić information content (AvgIpc) is 4.05. The summed E-state index contributed by atoms with van der Waals surface area (Å²) in [4.78, 5) is 2.36. The highest BCUT2D eigenvalue weighted by atomic mass is 32.1. The van der Waals surface area contributed by atoms with E-state index < -0.39 is 0 Å². The first-order valence-corrected chi connectivity index (χ1v) is 22.6. The van der Waals surface area contributed by atoms with Gasteiger partial charge in [-0.25, -0.2) is 0 Å². The van der Waals surface area contributed by atoms with Gasteiger partial charge >= 0.3 is 0 Å². The minimum absolute atomic E-state index is 0.890. The zero-order chi connectivity index (χ0) is 42.1. The van der Waals surface area contributed by atoms with E-state index in [9.17, 15) is 0 Å². The Morgan fingerprint density at radius 1 is 0.359 bits per heavy atom. The Morgan fingerprint density at radius 3 is 1.61 bits per heavy atom. The first-order chi connectivity index (χ1) is 31.7. The van der Waals surface area contributed by atoms with Crippen LogP contribution in [-0.2, 0) is 0 Å². The Morgan fingerprint density at radius 2 is 0.891 bits per heavy atom. The highest BCUT2D eigenvalue weighted by Gasteiger charge is 2.18. The van der Waals surface area contributed by atoms with Gasteiger partial charge in [-0.3, -0.25) is 0 Å². The molecular weight excluding hydrogens is 797 g/mol. The Labute approximate surface area is 373 Å². The third kappa shape index (κ3) is 5.88. The van der Waals surface area contributed by atoms with Gasteiger partial charge in [0.2, 0.25) is 0 Å². The second kappa shape index (κ2) is 14.7. The van der Waals surface area contributed by atoms with Gasteiger partial charge in [-0.05, 0) is 113 Å². The molecule has 0 spiro atoms. The molecule has 0 aliphatic carbocycles. The largest absolute Gasteiger partial charge is 0.455 e. The summed E-state index contributed by atoms with van der Waals surface area (Å²) < 4.78 is 11.5. The number of nitrogens with zero attached hydrogens (tertiary/aromatic N) is 2. The van der Waals surface area contributed by atoms with Crippen LogP contribution in [0.3, 0.4) is 0 Å². The van der Waals surface area contributed by atoms with Gasteiger partial charge in [-0.1, -0.05) is 146 Å². The van der Waals surface area contributed by atoms with Crippen LogP contribution in [0.2, 0.25) is 0 Å². The molecule has 0 unspecified atom stereocenters. The summed E-state index contributed by atoms with van der Waals surface area (Å²) in [5, 5.41) is 7.38. The van der Waals surface area contributed by atoms with Crippen LogP contribution in [0.4, 0.5) is 17.1 Å². The lowest BCUT2D eigenvalue weighted by Crippen LogP contribution is -2.10. The molecule has 0 fully saturated rings. The summed E-state index contributed by atoms with van der Waals surface area (Å²) in [5.74, 6) is 0. The molecule has 4 heteroatoms. The minimum atomic E-state index is 0.890. The molecule has 0 atom stereocenters. The van der Waals surface area contributed by atoms with Gasteiger partial charge in [0.05, 0.1) is 11.0 Å². The van der Waals surface area contributed by atoms with Crippen LogP contribution in [0.15, 0.2) is 235 Å². The van der Waals surface area contributed by atoms with Crippen molar-refractivity contribution >= 4 is 92.3 Å². The normalized spacial score (nSPS) is 11.8. The lowest BCUT2D eigenvalue weighted by atomic mass is 9.99. The van der Waals surface area contributed by atoms with Crippen molar-refractivity contribution in [2.75, 3.05) is 4.90 Å². The Bertz CT molecular complexity index is 3820. The van der Waals surface area contributed by atoms with Crippen molar-refractivity contribution in [3.63, 3.8) is 0 Å². The highest BCUT2D eigenvalue weighted by Crippen LogP contribution is 2.43. The summed E-state index contributed by atoms with van der Waals surface area (Å²) in [6.07, 6.45) is 0. The van der Waals surface area contributed by atoms with Crippen molar-refractivity contribution in [1.29, 1.82) is 0 Å². The molecule has 0 radical (unpaired) electrons. The fourth-order valence-corrected chi connectivity index (χ4v) is 11.0. The first-order valence-electron chi connectivity index (χ1n) is 21.7. The van der Waals surface area contributed by atoms with E-state index in [1.807, 2.05) is 17.4 Å². The van der Waals surface area contributed by atoms with Crippen molar-refractivity contribution in [2.24, 2.45) is 0 Å². The standard InChI is InChI=1S/C60H38N2OS/c1-2-12-40(13-3-1)48-18-10-19-51-53-38-42(28-37-56(53)63-60(48)51)39-24-29-43(30-25-39)61(44-31-26-41(27-32-44)47-17-11-23-58-59(47)52-16-6-9-22-57(52)64-58)45-33-35-46(36-34-45)62-54-20-7-4-14-49(54)50-15-5-8-21-55(50)62/h1-38H. The minimum Gasteiger partial charge on any atom is -0.455 e. The molecule has 0 aliphatic heterocycles. The van der Waals surface area contributed by atoms with Gasteiger partial charge in [0.1, 0.15) is 11.2 Å². The summed E-state index contributed by atoms with van der Waals surface area (Å²) in [6.45, 7) is 0. The van der Waals surface area contributed by atoms with Crippen molar-refractivity contribution < 1.29 is 4.42 Å². The zero-order valence-corrected chi connectivity index (χ0v) is 35.5. The molecule has 13 aromatic rings. The third-order valence-electron chi connectivity index (χ3n) is 12.8. The maximum Gasteiger partial charge on any atom is 0.143 e. The van der Waals surface area contributed by atoms with E-state index in [0.29, 0.717) is 0 Å². The van der Waals surface area contributed by atoms with E-state index >= 15 is 0 Å². The van der Waals surface area contributed by atoms with E-state index in [2.05, 4.69) is 234 Å². The number of aromatic nitrogens is 1. The van der Waals surface area contributed by atoms with Gasteiger partial charge in [0.25, 0.3) is 0 Å². The predicted octanol–water partition coefficient (Wildman–Crippen LogP) is 17.5. The fourth-order valence-electron chi connectivity index (χ4n) is 9.83. The SMILES string of the molecule is c1ccc(-c2cccc3c2oc2ccc(-c4ccc(N(c5ccc(-c6cccc7sc8ccccc8c67)cc5)c5ccc(-n6c7ccccc7c7ccccc76)cc5)cc4)cc23)cc1. The van der Waals surface area contributed by atoms with Gasteiger partial charge in [0, 0.05) is 70.0 Å². The molecule has 3 nitrogen and oxygen atoms in total. The number of anilines is 3. The van der Waals surface area contributed by atoms with E-state index in [4.69, 9.17) is 4.42 Å². The molecule has 13 rings (SSSR count). The van der Waals surface area contributed by atoms with Crippen LogP contribution in [0.5, 0.6) is 0 Å². The molecule has 300 valence electrons. The van der Waals surface area contributed by atoms with Crippen LogP contribution in [0.25, 0.3) is 103 Å². The number of thiophene rings is 1. The van der Waals surface area contributed by atoms with Crippen molar-refractivity contribution in [2.45, 2.75) is 0 Å². The van der Waals surface area contributed by atoms with Crippen LogP contribution < -0.4 is 4.90 Å². The molecule has 0 N–H and O–H groups in total. The van der Waals surface area contributed by atoms with Crippen LogP contribution >= 0.6 is 11.3 Å². The quantitative estimate of drug-likeness (QED) is 0.159. The zero-order valence-electron chi connectivity index (χ0n) is 34.7. The molecule has 0 saturated carbocycles. The number of fused-ring (bicyclic) bond motifs is 9. The molecule has 0 saturated heterocycles. The maximum atomic E-state index is 6.52. The molecule has 64 heavy (non-hydrogen) atoms. The summed E-state index contributed by atoms with van der Waals surface area (Å²) in [5.41, 5.74) is 15.6. The highest BCUT2D eigenvalue weighted by molar-refractivity contribution is 7.25. The van der Waals surface area contributed by atoms with E-state index in [0.717, 1.165) is 66.9 Å². The van der Waals surface area contributed by atoms with Crippen molar-refractivity contribution in [3.8, 4) is 39.1 Å². The second-order valence-electron chi connectivity index (χ2n) is 16.5. The Hall–Kier alpha value is -8.18. The van der Waals surface area contributed by atoms with Gasteiger partial charge in [-0.2, -0.15) is 0 Å². The molecule has 3 heterocycles. The van der Waals surface area contributed by atoms with Gasteiger partial charge in [0.15, 0.2) is 0 Å². The van der Waals surface area contributed by atoms with Gasteiger partial charge in [-0.15, -0.1) is 11.3 Å². The number of para-hydroxylation sites is 3. The van der Waals surface area contributed by atoms with Crippen LogP contribution in [0.1, 0.15) is 0 Å². The molecule has 3 aromatic heterocycles. The first kappa shape index (κ1) is 36.5. The lowest BCUT2D eigenvalue weighted by molar-refractivity contribution is 0.670. The van der Waals surface area contributed by atoms with E-state index in [1.165, 1.54) is 53.1 Å². The molecule has 10 aromatic carbocycles. The monoisotopic (exact) mass is 834 g/mol. The van der Waals surface area contributed by atoms with Crippen molar-refractivity contribution in [3.05, 3.63) is 231 Å². The number of hydrogen-bond donors (Lipinski definition) is 0. The fraction of sp³-hybridized carbons (Fsp3) is 0. The van der Waals surface area contributed by atoms with E-state index in [-0.39, 0.29) is 0 Å². The molecule has 0 amide bonds. The predicted molar refractivity (Wildman–Crippen MR) is 272 cm³/mol. The molecule has 0 bridgehead atoms. The number of furan rings is 1. The summed E-state index contributed by atoms with van der Waals surface area (Å²) in [7, 11) is 0. The smallest absolute Gasteiger partial charge is 0.143 e. The number of rotatable bonds is 7. The number of benzene rings is 10. The molecular formula is C60H38N2OS. The maximum absolute atomic E-state index is 6.52. The molecule has 0 aliphatic rings. The van der Waals surface area contributed by atoms with Crippen LogP contribution in [-0.4, -0.2) is 4.57 Å². The average molecular weight is 835 g/mol. The summed E-state index contributed by atoms with van der Waals surface area (Å²) >= 11 is 1.86.